The van der Waals surface area contributed by atoms with Crippen LogP contribution in [0, 0.1) is 0 Å². The van der Waals surface area contributed by atoms with E-state index >= 15 is 0 Å². The molecule has 18 heavy (non-hydrogen) atoms. The summed E-state index contributed by atoms with van der Waals surface area (Å²) in [5.41, 5.74) is -2.29. The van der Waals surface area contributed by atoms with Crippen LogP contribution in [0.5, 0.6) is 0 Å². The van der Waals surface area contributed by atoms with E-state index < -0.39 is 5.69 Å². The van der Waals surface area contributed by atoms with Gasteiger partial charge in [-0.05, 0) is 31.6 Å². The topological polar surface area (TPSA) is 44.8 Å². The van der Waals surface area contributed by atoms with Crippen molar-refractivity contribution in [3.63, 3.8) is 0 Å². The smallest absolute Gasteiger partial charge is 0.306 e. The number of hydrogen-bond donors (Lipinski definition) is 0. The van der Waals surface area contributed by atoms with E-state index in [1.165, 1.54) is 11.4 Å². The summed E-state index contributed by atoms with van der Waals surface area (Å²) in [6.07, 6.45) is 2.17. The third-order valence-corrected chi connectivity index (χ3v) is 7.18. The summed E-state index contributed by atoms with van der Waals surface area (Å²) < 4.78 is 16.1. The average molecular weight is 314 g/mol. The number of hydrogen-bond acceptors (Lipinski definition) is 6. The largest absolute Gasteiger partial charge is 0.466 e. The van der Waals surface area contributed by atoms with E-state index in [0.717, 1.165) is 12.8 Å². The first-order chi connectivity index (χ1) is 8.58. The quantitative estimate of drug-likeness (QED) is 0.427. The molecule has 0 N–H and O–H groups in total. The Kier molecular flexibility index (Phi) is 11.5. The lowest BCUT2D eigenvalue weighted by Gasteiger charge is -2.20. The zero-order chi connectivity index (χ0) is 13.9. The maximum Gasteiger partial charge on any atom is 0.306 e. The maximum absolute atomic E-state index is 11.2. The Balaban J connectivity index is 4.07. The van der Waals surface area contributed by atoms with Crippen molar-refractivity contribution in [1.82, 2.24) is 0 Å². The van der Waals surface area contributed by atoms with Gasteiger partial charge < -0.3 is 13.8 Å². The monoisotopic (exact) mass is 314 g/mol. The molecule has 0 aromatic carbocycles. The molecule has 0 fully saturated rings. The molecular weight excluding hydrogens is 291 g/mol. The van der Waals surface area contributed by atoms with Crippen LogP contribution in [0.1, 0.15) is 40.0 Å². The average Bonchev–Trinajstić information content (AvgIpc) is 2.34. The van der Waals surface area contributed by atoms with Crippen LogP contribution in [0.4, 0.5) is 0 Å². The molecule has 0 aliphatic carbocycles. The first kappa shape index (κ1) is 18.4. The Labute approximate surface area is 119 Å². The first-order valence-corrected chi connectivity index (χ1v) is 10.5. The molecule has 0 amide bonds. The minimum Gasteiger partial charge on any atom is -0.466 e. The van der Waals surface area contributed by atoms with Crippen LogP contribution >= 0.6 is 17.1 Å². The highest BCUT2D eigenvalue weighted by Gasteiger charge is 2.20. The van der Waals surface area contributed by atoms with Gasteiger partial charge in [-0.15, -0.1) is 0 Å². The van der Waals surface area contributed by atoms with Crippen LogP contribution in [0.15, 0.2) is 0 Å². The van der Waals surface area contributed by atoms with Crippen molar-refractivity contribution in [2.75, 3.05) is 25.6 Å². The highest BCUT2D eigenvalue weighted by molar-refractivity contribution is 8.67. The minimum atomic E-state index is -2.29. The molecule has 0 aliphatic heterocycles. The molecule has 0 saturated heterocycles. The fourth-order valence-corrected chi connectivity index (χ4v) is 5.47. The molecule has 0 rings (SSSR count). The van der Waals surface area contributed by atoms with E-state index in [1.807, 2.05) is 13.8 Å². The summed E-state index contributed by atoms with van der Waals surface area (Å²) in [4.78, 5) is 11.2. The molecule has 0 radical (unpaired) electrons. The standard InChI is InChI=1S/C11H23O4PS2/c1-4-8-14-16(17,15-9-5-2)18-10-7-11(12)13-6-3/h4-10H2,1-3H3. The first-order valence-electron chi connectivity index (χ1n) is 6.27. The Morgan fingerprint density at radius 2 is 1.72 bits per heavy atom. The second-order valence-corrected chi connectivity index (χ2v) is 9.93. The van der Waals surface area contributed by atoms with Crippen molar-refractivity contribution in [3.05, 3.63) is 0 Å². The third kappa shape index (κ3) is 9.34. The lowest BCUT2D eigenvalue weighted by Crippen LogP contribution is -2.05. The molecule has 0 heterocycles. The Morgan fingerprint density at radius 3 is 2.17 bits per heavy atom. The van der Waals surface area contributed by atoms with Crippen LogP contribution in [-0.4, -0.2) is 31.5 Å². The minimum absolute atomic E-state index is 0.197. The SMILES string of the molecule is CCCOP(=S)(OCCC)SCCC(=O)OCC. The predicted molar refractivity (Wildman–Crippen MR) is 80.5 cm³/mol. The molecule has 0 aromatic rings. The Morgan fingerprint density at radius 1 is 1.17 bits per heavy atom. The van der Waals surface area contributed by atoms with Gasteiger partial charge in [0.2, 0.25) is 5.69 Å². The van der Waals surface area contributed by atoms with Crippen LogP contribution in [0.2, 0.25) is 0 Å². The number of carbonyl (C=O) groups excluding carboxylic acids is 1. The van der Waals surface area contributed by atoms with Crippen molar-refractivity contribution >= 4 is 34.9 Å². The summed E-state index contributed by atoms with van der Waals surface area (Å²) in [5.74, 6) is 0.390. The molecule has 4 nitrogen and oxygen atoms in total. The molecule has 0 saturated carbocycles. The number of rotatable bonds is 11. The summed E-state index contributed by atoms with van der Waals surface area (Å²) >= 11 is 6.87. The summed E-state index contributed by atoms with van der Waals surface area (Å²) in [6.45, 7) is 7.48. The Bertz CT molecular complexity index is 262. The zero-order valence-corrected chi connectivity index (χ0v) is 13.9. The van der Waals surface area contributed by atoms with Crippen LogP contribution < -0.4 is 0 Å². The number of esters is 1. The van der Waals surface area contributed by atoms with Crippen molar-refractivity contribution in [1.29, 1.82) is 0 Å². The maximum atomic E-state index is 11.2. The number of carbonyl (C=O) groups is 1. The van der Waals surface area contributed by atoms with Crippen molar-refractivity contribution in [2.24, 2.45) is 0 Å². The summed E-state index contributed by atoms with van der Waals surface area (Å²) in [7, 11) is 0. The normalized spacial score (nSPS) is 11.5. The van der Waals surface area contributed by atoms with Gasteiger partial charge in [-0.2, -0.15) is 0 Å². The highest BCUT2D eigenvalue weighted by Crippen LogP contribution is 2.61. The van der Waals surface area contributed by atoms with E-state index in [-0.39, 0.29) is 5.97 Å². The molecule has 0 bridgehead atoms. The van der Waals surface area contributed by atoms with E-state index in [1.54, 1.807) is 6.92 Å². The molecular formula is C11H23O4PS2. The lowest BCUT2D eigenvalue weighted by molar-refractivity contribution is -0.142. The molecule has 0 spiro atoms. The van der Waals surface area contributed by atoms with E-state index in [9.17, 15) is 4.79 Å². The van der Waals surface area contributed by atoms with Gasteiger partial charge in [-0.1, -0.05) is 25.2 Å². The van der Waals surface area contributed by atoms with Crippen LogP contribution in [-0.2, 0) is 30.4 Å². The third-order valence-electron chi connectivity index (χ3n) is 1.77. The molecule has 0 unspecified atom stereocenters. The van der Waals surface area contributed by atoms with Crippen molar-refractivity contribution in [3.8, 4) is 0 Å². The van der Waals surface area contributed by atoms with Gasteiger partial charge in [0.25, 0.3) is 0 Å². The molecule has 0 aliphatic rings. The number of ether oxygens (including phenoxy) is 1. The van der Waals surface area contributed by atoms with Gasteiger partial charge in [0, 0.05) is 5.75 Å². The molecule has 7 heteroatoms. The van der Waals surface area contributed by atoms with Crippen molar-refractivity contribution in [2.45, 2.75) is 40.0 Å². The predicted octanol–water partition coefficient (Wildman–Crippen LogP) is 3.75. The van der Waals surface area contributed by atoms with E-state index in [4.69, 9.17) is 25.6 Å². The van der Waals surface area contributed by atoms with E-state index in [2.05, 4.69) is 0 Å². The zero-order valence-electron chi connectivity index (χ0n) is 11.3. The van der Waals surface area contributed by atoms with Gasteiger partial charge in [0.1, 0.15) is 0 Å². The van der Waals surface area contributed by atoms with Gasteiger partial charge in [-0.25, -0.2) is 0 Å². The van der Waals surface area contributed by atoms with Gasteiger partial charge in [0.05, 0.1) is 26.2 Å². The Hall–Kier alpha value is 0.390. The fourth-order valence-electron chi connectivity index (χ4n) is 0.992. The molecule has 0 atom stereocenters. The fraction of sp³-hybridized carbons (Fsp3) is 0.909. The van der Waals surface area contributed by atoms with E-state index in [0.29, 0.717) is 32.0 Å². The molecule has 108 valence electrons. The summed E-state index contributed by atoms with van der Waals surface area (Å²) in [6, 6.07) is 0. The lowest BCUT2D eigenvalue weighted by atomic mass is 10.5. The second-order valence-electron chi connectivity index (χ2n) is 3.50. The van der Waals surface area contributed by atoms with Crippen LogP contribution in [0.3, 0.4) is 0 Å². The van der Waals surface area contributed by atoms with Crippen LogP contribution in [0.25, 0.3) is 0 Å². The second kappa shape index (κ2) is 11.2. The summed E-state index contributed by atoms with van der Waals surface area (Å²) in [5, 5.41) is 0. The van der Waals surface area contributed by atoms with Gasteiger partial charge >= 0.3 is 5.97 Å². The molecule has 0 aromatic heterocycles. The van der Waals surface area contributed by atoms with Gasteiger partial charge in [-0.3, -0.25) is 4.79 Å². The van der Waals surface area contributed by atoms with Crippen molar-refractivity contribution < 1.29 is 18.6 Å². The highest BCUT2D eigenvalue weighted by atomic mass is 32.9. The van der Waals surface area contributed by atoms with Gasteiger partial charge in [0.15, 0.2) is 0 Å².